The van der Waals surface area contributed by atoms with Crippen molar-refractivity contribution in [3.63, 3.8) is 0 Å². The number of nitrogens with two attached hydrogens (primary N) is 1. The number of amides is 1. The molecule has 0 bridgehead atoms. The van der Waals surface area contributed by atoms with Gasteiger partial charge in [-0.2, -0.15) is 5.10 Å². The van der Waals surface area contributed by atoms with E-state index in [0.29, 0.717) is 25.0 Å². The third-order valence-corrected chi connectivity index (χ3v) is 9.49. The first-order valence-electron chi connectivity index (χ1n) is 11.7. The van der Waals surface area contributed by atoms with Crippen molar-refractivity contribution >= 4 is 11.6 Å². The lowest BCUT2D eigenvalue weighted by molar-refractivity contribution is -0.242. The molecule has 9 heteroatoms. The van der Waals surface area contributed by atoms with Crippen molar-refractivity contribution in [2.45, 2.75) is 69.9 Å². The maximum absolute atomic E-state index is 17.2. The molecule has 0 saturated heterocycles. The van der Waals surface area contributed by atoms with E-state index >= 15 is 4.39 Å². The number of hydrogen-bond donors (Lipinski definition) is 6. The number of aliphatic hydroxyl groups excluding tert-OH is 3. The number of allylic oxidation sites excluding steroid dienone is 4. The molecule has 0 aromatic carbocycles. The fourth-order valence-electron chi connectivity index (χ4n) is 7.68. The SMILES string of the molecule is C[C@@H]1C[C@H]2[C@@H]3CCC4=C/C(=N/NC(=O)CN)C=C[C@]4(C)[C@@]3(F)[C@@H](O)C[C@]2(C)[C@@]1(O)C(O)CO. The summed E-state index contributed by atoms with van der Waals surface area (Å²) in [5.74, 6) is -1.59. The van der Waals surface area contributed by atoms with Gasteiger partial charge in [0, 0.05) is 16.7 Å². The summed E-state index contributed by atoms with van der Waals surface area (Å²) < 4.78 is 17.2. The third kappa shape index (κ3) is 3.06. The number of nitrogens with one attached hydrogen (secondary N) is 1. The molecule has 8 nitrogen and oxygen atoms in total. The average Bonchev–Trinajstić information content (AvgIpc) is 2.99. The van der Waals surface area contributed by atoms with Crippen molar-refractivity contribution in [1.29, 1.82) is 0 Å². The van der Waals surface area contributed by atoms with Gasteiger partial charge in [-0.1, -0.05) is 25.5 Å². The van der Waals surface area contributed by atoms with Crippen LogP contribution in [0.1, 0.15) is 46.5 Å². The number of aliphatic hydroxyl groups is 4. The van der Waals surface area contributed by atoms with Crippen LogP contribution >= 0.6 is 0 Å². The number of nitrogens with zero attached hydrogens (tertiary/aromatic N) is 1. The van der Waals surface area contributed by atoms with E-state index in [4.69, 9.17) is 5.73 Å². The standard InChI is InChI=1S/C24H36FN3O5/c1-13-8-17-16-5-4-14-9-15(27-28-20(32)11-26)6-7-21(14,2)23(16,25)18(30)10-22(17,3)24(13,33)19(31)12-29/h6-7,9,13,16-19,29-31,33H,4-5,8,10-12,26H2,1-3H3,(H,28,32)/b27-15+/t13-,16+,17+,18+,19?,21+,22+,23+,24+/m1/s1. The van der Waals surface area contributed by atoms with Gasteiger partial charge in [-0.25, -0.2) is 9.82 Å². The predicted octanol–water partition coefficient (Wildman–Crippen LogP) is 0.549. The summed E-state index contributed by atoms with van der Waals surface area (Å²) in [5, 5.41) is 47.2. The molecule has 3 fully saturated rings. The van der Waals surface area contributed by atoms with Crippen LogP contribution in [0, 0.1) is 28.6 Å². The number of fused-ring (bicyclic) bond motifs is 5. The number of rotatable bonds is 4. The molecule has 0 aliphatic heterocycles. The van der Waals surface area contributed by atoms with Crippen molar-refractivity contribution in [3.8, 4) is 0 Å². The summed E-state index contributed by atoms with van der Waals surface area (Å²) in [7, 11) is 0. The van der Waals surface area contributed by atoms with Crippen LogP contribution in [0.3, 0.4) is 0 Å². The van der Waals surface area contributed by atoms with E-state index in [1.54, 1.807) is 25.2 Å². The molecule has 33 heavy (non-hydrogen) atoms. The fraction of sp³-hybridized carbons (Fsp3) is 0.750. The van der Waals surface area contributed by atoms with E-state index in [0.717, 1.165) is 5.57 Å². The van der Waals surface area contributed by atoms with Crippen molar-refractivity contribution in [3.05, 3.63) is 23.8 Å². The van der Waals surface area contributed by atoms with Gasteiger partial charge >= 0.3 is 0 Å². The van der Waals surface area contributed by atoms with E-state index in [1.165, 1.54) is 0 Å². The van der Waals surface area contributed by atoms with Crippen molar-refractivity contribution < 1.29 is 29.6 Å². The summed E-state index contributed by atoms with van der Waals surface area (Å²) in [6.07, 6.45) is 3.93. The summed E-state index contributed by atoms with van der Waals surface area (Å²) in [4.78, 5) is 11.4. The number of halogens is 1. The highest BCUT2D eigenvalue weighted by atomic mass is 19.1. The monoisotopic (exact) mass is 465 g/mol. The smallest absolute Gasteiger partial charge is 0.253 e. The highest BCUT2D eigenvalue weighted by molar-refractivity contribution is 6.06. The average molecular weight is 466 g/mol. The minimum Gasteiger partial charge on any atom is -0.394 e. The molecule has 9 atom stereocenters. The van der Waals surface area contributed by atoms with E-state index in [1.807, 2.05) is 13.8 Å². The number of carbonyl (C=O) groups excluding carboxylic acids is 1. The molecule has 4 aliphatic rings. The van der Waals surface area contributed by atoms with Crippen LogP contribution in [0.4, 0.5) is 4.39 Å². The van der Waals surface area contributed by atoms with Gasteiger partial charge in [0.15, 0.2) is 5.67 Å². The molecule has 0 aromatic heterocycles. The second-order valence-corrected chi connectivity index (χ2v) is 10.8. The minimum atomic E-state index is -1.97. The van der Waals surface area contributed by atoms with Gasteiger partial charge in [0.05, 0.1) is 25.0 Å². The van der Waals surface area contributed by atoms with Crippen molar-refractivity contribution in [1.82, 2.24) is 5.43 Å². The van der Waals surface area contributed by atoms with Crippen LogP contribution < -0.4 is 11.2 Å². The molecule has 0 radical (unpaired) electrons. The van der Waals surface area contributed by atoms with E-state index in [9.17, 15) is 25.2 Å². The first kappa shape index (κ1) is 24.5. The first-order chi connectivity index (χ1) is 15.4. The molecule has 0 spiro atoms. The summed E-state index contributed by atoms with van der Waals surface area (Å²) in [6.45, 7) is 4.64. The number of hydrazone groups is 1. The van der Waals surface area contributed by atoms with Gasteiger partial charge in [0.25, 0.3) is 5.91 Å². The van der Waals surface area contributed by atoms with Gasteiger partial charge in [-0.15, -0.1) is 0 Å². The Morgan fingerprint density at radius 3 is 2.73 bits per heavy atom. The molecule has 0 heterocycles. The highest BCUT2D eigenvalue weighted by Gasteiger charge is 2.75. The van der Waals surface area contributed by atoms with Gasteiger partial charge in [0.1, 0.15) is 11.7 Å². The normalized spacial score (nSPS) is 48.5. The Hall–Kier alpha value is -1.65. The second-order valence-electron chi connectivity index (χ2n) is 10.8. The van der Waals surface area contributed by atoms with E-state index in [2.05, 4.69) is 10.5 Å². The molecule has 7 N–H and O–H groups in total. The van der Waals surface area contributed by atoms with Gasteiger partial charge in [0.2, 0.25) is 0 Å². The molecule has 4 aliphatic carbocycles. The van der Waals surface area contributed by atoms with Gasteiger partial charge < -0.3 is 26.2 Å². The zero-order valence-electron chi connectivity index (χ0n) is 19.5. The first-order valence-corrected chi connectivity index (χ1v) is 11.7. The van der Waals surface area contributed by atoms with Crippen molar-refractivity contribution in [2.24, 2.45) is 39.4 Å². The lowest BCUT2D eigenvalue weighted by Gasteiger charge is -2.63. The lowest BCUT2D eigenvalue weighted by Crippen LogP contribution is -2.70. The summed E-state index contributed by atoms with van der Waals surface area (Å²) in [6, 6.07) is 0. The molecule has 184 valence electrons. The fourth-order valence-corrected chi connectivity index (χ4v) is 7.68. The number of hydrogen-bond acceptors (Lipinski definition) is 7. The molecular formula is C24H36FN3O5. The van der Waals surface area contributed by atoms with Crippen LogP contribution in [0.15, 0.2) is 28.9 Å². The van der Waals surface area contributed by atoms with Crippen LogP contribution in [0.5, 0.6) is 0 Å². The van der Waals surface area contributed by atoms with E-state index < -0.39 is 52.7 Å². The molecule has 1 amide bonds. The Kier molecular flexibility index (Phi) is 5.90. The Bertz CT molecular complexity index is 924. The molecule has 3 saturated carbocycles. The van der Waals surface area contributed by atoms with Gasteiger partial charge in [-0.05, 0) is 56.6 Å². The molecule has 4 rings (SSSR count). The Morgan fingerprint density at radius 2 is 2.09 bits per heavy atom. The van der Waals surface area contributed by atoms with Crippen LogP contribution in [0.2, 0.25) is 0 Å². The molecular weight excluding hydrogens is 429 g/mol. The Morgan fingerprint density at radius 1 is 1.39 bits per heavy atom. The zero-order valence-corrected chi connectivity index (χ0v) is 19.5. The quantitative estimate of drug-likeness (QED) is 0.334. The highest BCUT2D eigenvalue weighted by Crippen LogP contribution is 2.71. The van der Waals surface area contributed by atoms with Crippen LogP contribution in [-0.2, 0) is 4.79 Å². The number of alkyl halides is 1. The van der Waals surface area contributed by atoms with Crippen molar-refractivity contribution in [2.75, 3.05) is 13.2 Å². The maximum atomic E-state index is 17.2. The largest absolute Gasteiger partial charge is 0.394 e. The van der Waals surface area contributed by atoms with Crippen LogP contribution in [-0.4, -0.2) is 68.7 Å². The minimum absolute atomic E-state index is 0.0211. The maximum Gasteiger partial charge on any atom is 0.253 e. The summed E-state index contributed by atoms with van der Waals surface area (Å²) in [5.41, 5.74) is 3.33. The Balaban J connectivity index is 1.72. The second kappa shape index (κ2) is 7.95. The zero-order chi connectivity index (χ0) is 24.4. The van der Waals surface area contributed by atoms with E-state index in [-0.39, 0.29) is 24.8 Å². The summed E-state index contributed by atoms with van der Waals surface area (Å²) >= 11 is 0. The predicted molar refractivity (Wildman–Crippen MR) is 121 cm³/mol. The lowest BCUT2D eigenvalue weighted by atomic mass is 9.44. The third-order valence-electron chi connectivity index (χ3n) is 9.49. The Labute approximate surface area is 193 Å². The topological polar surface area (TPSA) is 148 Å². The molecule has 1 unspecified atom stereocenters. The number of carbonyl (C=O) groups is 1. The van der Waals surface area contributed by atoms with Crippen LogP contribution in [0.25, 0.3) is 0 Å². The molecule has 0 aromatic rings. The van der Waals surface area contributed by atoms with Gasteiger partial charge in [-0.3, -0.25) is 4.79 Å².